The minimum absolute atomic E-state index is 0.334. The summed E-state index contributed by atoms with van der Waals surface area (Å²) >= 11 is 0. The number of unbranched alkanes of at least 4 members (excludes halogenated alkanes) is 9. The minimum Gasteiger partial charge on any atom is -0.545 e. The summed E-state index contributed by atoms with van der Waals surface area (Å²) in [5, 5.41) is 11.1. The summed E-state index contributed by atoms with van der Waals surface area (Å²) in [4.78, 5) is 11.1. The maximum Gasteiger partial charge on any atom is 0.190 e. The number of aryl methyl sites for hydroxylation is 1. The lowest BCUT2D eigenvalue weighted by atomic mass is 10.0. The van der Waals surface area contributed by atoms with E-state index in [1.165, 1.54) is 57.8 Å². The number of aromatic carboxylic acids is 1. The van der Waals surface area contributed by atoms with Crippen molar-refractivity contribution in [3.63, 3.8) is 0 Å². The second-order valence-corrected chi connectivity index (χ2v) is 6.20. The van der Waals surface area contributed by atoms with E-state index in [2.05, 4.69) is 6.92 Å². The van der Waals surface area contributed by atoms with E-state index < -0.39 is 5.97 Å². The Morgan fingerprint density at radius 3 is 2.09 bits per heavy atom. The zero-order chi connectivity index (χ0) is 16.2. The lowest BCUT2D eigenvalue weighted by Crippen LogP contribution is -2.37. The van der Waals surface area contributed by atoms with Crippen molar-refractivity contribution < 1.29 is 14.5 Å². The molecule has 0 fully saturated rings. The van der Waals surface area contributed by atoms with Gasteiger partial charge in [0.05, 0.1) is 11.5 Å². The number of carboxylic acid groups (broad SMARTS) is 1. The van der Waals surface area contributed by atoms with Crippen molar-refractivity contribution in [1.82, 2.24) is 0 Å². The number of pyridine rings is 1. The predicted octanol–water partition coefficient (Wildman–Crippen LogP) is 3.34. The summed E-state index contributed by atoms with van der Waals surface area (Å²) in [7, 11) is 1.90. The van der Waals surface area contributed by atoms with Crippen LogP contribution >= 0.6 is 0 Å². The van der Waals surface area contributed by atoms with Gasteiger partial charge in [-0.15, -0.1) is 0 Å². The molecule has 1 aromatic heterocycles. The fourth-order valence-electron chi connectivity index (χ4n) is 2.92. The molecule has 0 saturated carbocycles. The van der Waals surface area contributed by atoms with Crippen LogP contribution in [0.15, 0.2) is 18.3 Å². The Morgan fingerprint density at radius 1 is 1.00 bits per heavy atom. The van der Waals surface area contributed by atoms with E-state index in [4.69, 9.17) is 0 Å². The molecule has 0 N–H and O–H groups in total. The molecule has 1 aromatic rings. The Morgan fingerprint density at radius 2 is 1.55 bits per heavy atom. The number of aromatic nitrogens is 1. The topological polar surface area (TPSA) is 44.0 Å². The van der Waals surface area contributed by atoms with E-state index >= 15 is 0 Å². The van der Waals surface area contributed by atoms with Gasteiger partial charge in [0.15, 0.2) is 11.9 Å². The van der Waals surface area contributed by atoms with E-state index in [0.717, 1.165) is 18.5 Å². The zero-order valence-electron chi connectivity index (χ0n) is 14.3. The number of carboxylic acids is 1. The molecule has 1 heterocycles. The van der Waals surface area contributed by atoms with Crippen molar-refractivity contribution in [1.29, 1.82) is 0 Å². The monoisotopic (exact) mass is 305 g/mol. The summed E-state index contributed by atoms with van der Waals surface area (Å²) in [5.41, 5.74) is 1.21. The number of hydrogen-bond acceptors (Lipinski definition) is 2. The number of rotatable bonds is 12. The van der Waals surface area contributed by atoms with Gasteiger partial charge in [-0.25, -0.2) is 4.57 Å². The van der Waals surface area contributed by atoms with Gasteiger partial charge in [-0.3, -0.25) is 0 Å². The molecule has 0 aliphatic heterocycles. The number of nitrogens with zero attached hydrogens (tertiary/aromatic N) is 1. The Kier molecular flexibility index (Phi) is 9.52. The third kappa shape index (κ3) is 7.06. The van der Waals surface area contributed by atoms with Crippen molar-refractivity contribution in [2.45, 2.75) is 77.6 Å². The molecule has 0 radical (unpaired) electrons. The molecule has 0 spiro atoms. The highest BCUT2D eigenvalue weighted by molar-refractivity contribution is 5.86. The first-order valence-corrected chi connectivity index (χ1v) is 8.85. The number of hydrogen-bond donors (Lipinski definition) is 0. The Balaban J connectivity index is 2.16. The molecule has 0 bridgehead atoms. The minimum atomic E-state index is -1.07. The van der Waals surface area contributed by atoms with Crippen LogP contribution in [0.3, 0.4) is 0 Å². The summed E-state index contributed by atoms with van der Waals surface area (Å²) in [6, 6.07) is 3.40. The Hall–Kier alpha value is -1.38. The van der Waals surface area contributed by atoms with E-state index in [-0.39, 0.29) is 0 Å². The highest BCUT2D eigenvalue weighted by atomic mass is 16.4. The molecule has 124 valence electrons. The van der Waals surface area contributed by atoms with Crippen molar-refractivity contribution in [2.75, 3.05) is 0 Å². The largest absolute Gasteiger partial charge is 0.545 e. The van der Waals surface area contributed by atoms with Gasteiger partial charge in [0.1, 0.15) is 7.05 Å². The lowest BCUT2D eigenvalue weighted by molar-refractivity contribution is -0.679. The first-order chi connectivity index (χ1) is 10.7. The molecule has 0 atom stereocenters. The predicted molar refractivity (Wildman–Crippen MR) is 87.5 cm³/mol. The molecule has 0 saturated heterocycles. The maximum absolute atomic E-state index is 11.1. The highest BCUT2D eigenvalue weighted by Crippen LogP contribution is 2.12. The first kappa shape index (κ1) is 18.7. The van der Waals surface area contributed by atoms with E-state index in [9.17, 15) is 9.90 Å². The van der Waals surface area contributed by atoms with E-state index in [1.807, 2.05) is 17.8 Å². The lowest BCUT2D eigenvalue weighted by Gasteiger charge is -2.08. The van der Waals surface area contributed by atoms with Gasteiger partial charge in [0, 0.05) is 12.5 Å². The molecule has 3 heteroatoms. The van der Waals surface area contributed by atoms with Crippen molar-refractivity contribution in [2.24, 2.45) is 7.05 Å². The van der Waals surface area contributed by atoms with Gasteiger partial charge in [0.25, 0.3) is 0 Å². The average Bonchev–Trinajstić information content (AvgIpc) is 2.50. The van der Waals surface area contributed by atoms with Crippen LogP contribution in [0.1, 0.15) is 87.2 Å². The summed E-state index contributed by atoms with van der Waals surface area (Å²) in [6.07, 6.45) is 15.6. The summed E-state index contributed by atoms with van der Waals surface area (Å²) < 4.78 is 1.90. The first-order valence-electron chi connectivity index (χ1n) is 8.85. The fourth-order valence-corrected chi connectivity index (χ4v) is 2.92. The van der Waals surface area contributed by atoms with Gasteiger partial charge >= 0.3 is 0 Å². The van der Waals surface area contributed by atoms with Crippen LogP contribution in [0.5, 0.6) is 0 Å². The van der Waals surface area contributed by atoms with Crippen molar-refractivity contribution in [3.8, 4) is 0 Å². The fraction of sp³-hybridized carbons (Fsp3) is 0.684. The molecule has 0 aliphatic carbocycles. The molecular weight excluding hydrogens is 274 g/mol. The van der Waals surface area contributed by atoms with Crippen LogP contribution in [0.4, 0.5) is 0 Å². The molecule has 0 aromatic carbocycles. The van der Waals surface area contributed by atoms with Crippen LogP contribution < -0.4 is 9.67 Å². The van der Waals surface area contributed by atoms with Gasteiger partial charge < -0.3 is 9.90 Å². The zero-order valence-corrected chi connectivity index (χ0v) is 14.3. The maximum atomic E-state index is 11.1. The molecule has 0 unspecified atom stereocenters. The number of carbonyl (C=O) groups is 1. The molecule has 1 rings (SSSR count). The van der Waals surface area contributed by atoms with Gasteiger partial charge in [-0.2, -0.15) is 0 Å². The van der Waals surface area contributed by atoms with Crippen LogP contribution in [-0.2, 0) is 13.5 Å². The summed E-state index contributed by atoms with van der Waals surface area (Å²) in [5.74, 6) is -1.07. The van der Waals surface area contributed by atoms with Gasteiger partial charge in [0.2, 0.25) is 0 Å². The standard InChI is InChI=1S/C19H31NO2/c1-3-4-5-6-7-8-9-10-11-12-15-18-17(19(21)22)14-13-16-20(18)2/h13-14,16H,3-12,15H2,1-2H3. The van der Waals surface area contributed by atoms with Crippen LogP contribution in [0, 0.1) is 0 Å². The van der Waals surface area contributed by atoms with Crippen LogP contribution in [0.25, 0.3) is 0 Å². The van der Waals surface area contributed by atoms with Crippen LogP contribution in [0.2, 0.25) is 0 Å². The third-order valence-electron chi connectivity index (χ3n) is 4.30. The highest BCUT2D eigenvalue weighted by Gasteiger charge is 2.13. The normalized spacial score (nSPS) is 10.8. The van der Waals surface area contributed by atoms with E-state index in [0.29, 0.717) is 5.56 Å². The average molecular weight is 305 g/mol. The molecule has 3 nitrogen and oxygen atoms in total. The van der Waals surface area contributed by atoms with Gasteiger partial charge in [-0.05, 0) is 12.5 Å². The second-order valence-electron chi connectivity index (χ2n) is 6.20. The SMILES string of the molecule is CCCCCCCCCCCCc1c(C(=O)[O-])ccc[n+]1C. The molecule has 0 amide bonds. The molecular formula is C19H31NO2. The van der Waals surface area contributed by atoms with Crippen molar-refractivity contribution >= 4 is 5.97 Å². The second kappa shape index (κ2) is 11.2. The molecule has 22 heavy (non-hydrogen) atoms. The quantitative estimate of drug-likeness (QED) is 0.439. The van der Waals surface area contributed by atoms with Crippen LogP contribution in [-0.4, -0.2) is 5.97 Å². The van der Waals surface area contributed by atoms with Crippen molar-refractivity contribution in [3.05, 3.63) is 29.6 Å². The third-order valence-corrected chi connectivity index (χ3v) is 4.30. The van der Waals surface area contributed by atoms with Gasteiger partial charge in [-0.1, -0.05) is 64.7 Å². The van der Waals surface area contributed by atoms with E-state index in [1.54, 1.807) is 12.1 Å². The number of carbonyl (C=O) groups excluding carboxylic acids is 1. The summed E-state index contributed by atoms with van der Waals surface area (Å²) in [6.45, 7) is 2.25. The molecule has 0 aliphatic rings. The Labute approximate surface area is 135 Å². The Bertz CT molecular complexity index is 443. The smallest absolute Gasteiger partial charge is 0.190 e.